The highest BCUT2D eigenvalue weighted by Gasteiger charge is 2.83. The average Bonchev–Trinajstić information content (AvgIpc) is 3.37. The van der Waals surface area contributed by atoms with E-state index in [9.17, 15) is 15.0 Å². The molecule has 0 amide bonds. The van der Waals surface area contributed by atoms with Gasteiger partial charge >= 0.3 is 5.97 Å². The molecule has 27 heavy (non-hydrogen) atoms. The fourth-order valence-electron chi connectivity index (χ4n) is 8.61. The number of aliphatic hydroxyl groups excluding tert-OH is 2. The normalized spacial score (nSPS) is 60.8. The minimum Gasteiger partial charge on any atom is -0.465 e. The van der Waals surface area contributed by atoms with Crippen molar-refractivity contribution in [2.75, 3.05) is 6.61 Å². The number of esters is 1. The van der Waals surface area contributed by atoms with Gasteiger partial charge < -0.3 is 19.7 Å². The Balaban J connectivity index is 1.55. The third-order valence-corrected chi connectivity index (χ3v) is 9.85. The Hall–Kier alpha value is -0.650. The standard InChI is InChI=1S/C22H34O5/c1-12(23)26-11-19(2)7-5-8-20(3)13-6-9-21(4)16-17(27-16)22(13,18(21)25)15(24)10-14(19)20/h13-18,24-25H,5-11H2,1-4H3/t13-,14+,15-,16-,17+,18?,19+,20-,21+,22+/m0/s1. The number of epoxide rings is 1. The first kappa shape index (κ1) is 18.4. The molecule has 5 rings (SSSR count). The minimum atomic E-state index is -0.553. The van der Waals surface area contributed by atoms with Crippen LogP contribution >= 0.6 is 0 Å². The first-order chi connectivity index (χ1) is 12.6. The van der Waals surface area contributed by atoms with Crippen LogP contribution in [0.4, 0.5) is 0 Å². The maximum Gasteiger partial charge on any atom is 0.302 e. The van der Waals surface area contributed by atoms with Crippen LogP contribution in [0.5, 0.6) is 0 Å². The molecule has 10 atom stereocenters. The molecule has 5 heteroatoms. The zero-order valence-corrected chi connectivity index (χ0v) is 17.0. The van der Waals surface area contributed by atoms with Gasteiger partial charge in [-0.05, 0) is 49.4 Å². The maximum atomic E-state index is 11.5. The molecule has 1 spiro atoms. The molecule has 2 bridgehead atoms. The summed E-state index contributed by atoms with van der Waals surface area (Å²) >= 11 is 0. The number of carbonyl (C=O) groups excluding carboxylic acids is 1. The highest BCUT2D eigenvalue weighted by atomic mass is 16.6. The Labute approximate surface area is 161 Å². The van der Waals surface area contributed by atoms with Gasteiger partial charge in [-0.2, -0.15) is 0 Å². The molecule has 2 N–H and O–H groups in total. The molecule has 4 saturated carbocycles. The van der Waals surface area contributed by atoms with E-state index in [0.717, 1.165) is 32.1 Å². The number of fused-ring (bicyclic) bond motifs is 5. The summed E-state index contributed by atoms with van der Waals surface area (Å²) in [5, 5.41) is 22.9. The predicted octanol–water partition coefficient (Wildman–Crippen LogP) is 2.67. The smallest absolute Gasteiger partial charge is 0.302 e. The molecule has 152 valence electrons. The monoisotopic (exact) mass is 378 g/mol. The Bertz CT molecular complexity index is 680. The van der Waals surface area contributed by atoms with Crippen molar-refractivity contribution in [2.24, 2.45) is 33.5 Å². The number of carbonyl (C=O) groups is 1. The third kappa shape index (κ3) is 1.99. The lowest BCUT2D eigenvalue weighted by atomic mass is 9.39. The zero-order valence-electron chi connectivity index (χ0n) is 17.0. The summed E-state index contributed by atoms with van der Waals surface area (Å²) in [5.74, 6) is 0.319. The maximum absolute atomic E-state index is 11.5. The van der Waals surface area contributed by atoms with Crippen LogP contribution in [0.3, 0.4) is 0 Å². The highest BCUT2D eigenvalue weighted by Crippen LogP contribution is 2.77. The molecule has 5 nitrogen and oxygen atoms in total. The van der Waals surface area contributed by atoms with E-state index < -0.39 is 17.6 Å². The second-order valence-electron chi connectivity index (χ2n) is 11.1. The van der Waals surface area contributed by atoms with Gasteiger partial charge in [0.2, 0.25) is 0 Å². The van der Waals surface area contributed by atoms with Gasteiger partial charge in [0.25, 0.3) is 0 Å². The van der Waals surface area contributed by atoms with Crippen molar-refractivity contribution >= 4 is 5.97 Å². The second kappa shape index (κ2) is 5.28. The predicted molar refractivity (Wildman–Crippen MR) is 98.7 cm³/mol. The number of rotatable bonds is 2. The third-order valence-electron chi connectivity index (χ3n) is 9.85. The van der Waals surface area contributed by atoms with E-state index in [-0.39, 0.29) is 46.3 Å². The molecule has 1 saturated heterocycles. The molecule has 0 radical (unpaired) electrons. The summed E-state index contributed by atoms with van der Waals surface area (Å²) < 4.78 is 11.6. The van der Waals surface area contributed by atoms with Crippen LogP contribution in [-0.2, 0) is 14.3 Å². The van der Waals surface area contributed by atoms with Crippen molar-refractivity contribution in [1.29, 1.82) is 0 Å². The Morgan fingerprint density at radius 1 is 1.07 bits per heavy atom. The van der Waals surface area contributed by atoms with Gasteiger partial charge in [0.15, 0.2) is 0 Å². The van der Waals surface area contributed by atoms with Crippen molar-refractivity contribution in [1.82, 2.24) is 0 Å². The summed E-state index contributed by atoms with van der Waals surface area (Å²) in [5.41, 5.74) is -0.797. The first-order valence-corrected chi connectivity index (χ1v) is 10.8. The van der Waals surface area contributed by atoms with Crippen molar-refractivity contribution in [3.8, 4) is 0 Å². The molecular weight excluding hydrogens is 344 g/mol. The first-order valence-electron chi connectivity index (χ1n) is 10.8. The highest BCUT2D eigenvalue weighted by molar-refractivity contribution is 5.65. The fourth-order valence-corrected chi connectivity index (χ4v) is 8.61. The molecule has 1 aliphatic heterocycles. The lowest BCUT2D eigenvalue weighted by Gasteiger charge is -2.67. The largest absolute Gasteiger partial charge is 0.465 e. The van der Waals surface area contributed by atoms with Gasteiger partial charge in [-0.25, -0.2) is 0 Å². The molecular formula is C22H34O5. The van der Waals surface area contributed by atoms with Gasteiger partial charge in [0.1, 0.15) is 0 Å². The summed E-state index contributed by atoms with van der Waals surface area (Å²) in [6.45, 7) is 8.67. The zero-order chi connectivity index (χ0) is 19.4. The Kier molecular flexibility index (Phi) is 3.60. The van der Waals surface area contributed by atoms with Crippen LogP contribution in [0.1, 0.15) is 66.2 Å². The topological polar surface area (TPSA) is 79.3 Å². The SMILES string of the molecule is CC(=O)OC[C@@]1(C)CCC[C@]2(C)[C@@H]1C[C@H](O)[C@]13C(O)[C@](C)(CC[C@@H]21)[C@H]1O[C@H]13. The molecule has 5 aliphatic rings. The van der Waals surface area contributed by atoms with Gasteiger partial charge in [-0.3, -0.25) is 4.79 Å². The number of hydrogen-bond donors (Lipinski definition) is 2. The quantitative estimate of drug-likeness (QED) is 0.570. The van der Waals surface area contributed by atoms with Crippen molar-refractivity contribution in [3.05, 3.63) is 0 Å². The minimum absolute atomic E-state index is 0.0134. The number of aliphatic hydroxyl groups is 2. The lowest BCUT2D eigenvalue weighted by molar-refractivity contribution is -0.267. The summed E-state index contributed by atoms with van der Waals surface area (Å²) in [4.78, 5) is 11.5. The van der Waals surface area contributed by atoms with Crippen molar-refractivity contribution in [3.63, 3.8) is 0 Å². The summed E-state index contributed by atoms with van der Waals surface area (Å²) in [6.07, 6.45) is 5.03. The molecule has 0 aromatic carbocycles. The van der Waals surface area contributed by atoms with Crippen LogP contribution in [0.25, 0.3) is 0 Å². The van der Waals surface area contributed by atoms with Gasteiger partial charge in [-0.1, -0.05) is 27.2 Å². The number of hydrogen-bond acceptors (Lipinski definition) is 5. The fraction of sp³-hybridized carbons (Fsp3) is 0.955. The van der Waals surface area contributed by atoms with Crippen LogP contribution < -0.4 is 0 Å². The summed E-state index contributed by atoms with van der Waals surface area (Å²) in [6, 6.07) is 0. The van der Waals surface area contributed by atoms with Crippen LogP contribution in [0.15, 0.2) is 0 Å². The molecule has 4 aliphatic carbocycles. The second-order valence-corrected chi connectivity index (χ2v) is 11.1. The van der Waals surface area contributed by atoms with Gasteiger partial charge in [0, 0.05) is 17.8 Å². The number of ether oxygens (including phenoxy) is 2. The van der Waals surface area contributed by atoms with E-state index in [0.29, 0.717) is 13.0 Å². The molecule has 5 fully saturated rings. The van der Waals surface area contributed by atoms with E-state index in [4.69, 9.17) is 9.47 Å². The van der Waals surface area contributed by atoms with E-state index >= 15 is 0 Å². The summed E-state index contributed by atoms with van der Waals surface area (Å²) in [7, 11) is 0. The lowest BCUT2D eigenvalue weighted by Crippen LogP contribution is -2.69. The van der Waals surface area contributed by atoms with Crippen molar-refractivity contribution < 1.29 is 24.5 Å². The molecule has 1 heterocycles. The molecule has 0 aromatic rings. The van der Waals surface area contributed by atoms with E-state index in [1.165, 1.54) is 6.92 Å². The molecule has 1 unspecified atom stereocenters. The van der Waals surface area contributed by atoms with Crippen LogP contribution in [0, 0.1) is 33.5 Å². The van der Waals surface area contributed by atoms with Crippen molar-refractivity contribution in [2.45, 2.75) is 90.6 Å². The van der Waals surface area contributed by atoms with Gasteiger partial charge in [0.05, 0.1) is 36.4 Å². The average molecular weight is 379 g/mol. The van der Waals surface area contributed by atoms with Gasteiger partial charge in [-0.15, -0.1) is 0 Å². The van der Waals surface area contributed by atoms with E-state index in [1.54, 1.807) is 0 Å². The Morgan fingerprint density at radius 3 is 2.52 bits per heavy atom. The Morgan fingerprint density at radius 2 is 1.81 bits per heavy atom. The van der Waals surface area contributed by atoms with E-state index in [1.807, 2.05) is 0 Å². The van der Waals surface area contributed by atoms with Crippen LogP contribution in [0.2, 0.25) is 0 Å². The van der Waals surface area contributed by atoms with Crippen LogP contribution in [-0.4, -0.2) is 47.2 Å². The van der Waals surface area contributed by atoms with E-state index in [2.05, 4.69) is 20.8 Å². The molecule has 0 aromatic heterocycles.